The molecule has 1 fully saturated rings. The molecule has 0 aromatic heterocycles. The van der Waals surface area contributed by atoms with Crippen molar-refractivity contribution in [2.75, 3.05) is 7.05 Å². The van der Waals surface area contributed by atoms with Crippen molar-refractivity contribution in [2.45, 2.75) is 44.6 Å². The zero-order valence-electron chi connectivity index (χ0n) is 16.9. The highest BCUT2D eigenvalue weighted by atomic mass is 19.1. The van der Waals surface area contributed by atoms with E-state index in [9.17, 15) is 13.6 Å². The number of hydrogen-bond acceptors (Lipinski definition) is 2. The zero-order valence-corrected chi connectivity index (χ0v) is 16.9. The zero-order chi connectivity index (χ0) is 20.9. The summed E-state index contributed by atoms with van der Waals surface area (Å²) in [7, 11) is 1.64. The SMILES string of the molecule is C=C1N[C@](C)(c2cc(F)cc(F)c2)[C@@H](c2ccc(C(C)(C)C)cc2)C(=O)N1C. The summed E-state index contributed by atoms with van der Waals surface area (Å²) >= 11 is 0. The number of likely N-dealkylation sites (N-methyl/N-ethyl adjacent to an activating group) is 1. The number of carbonyl (C=O) groups excluding carboxylic acids is 1. The van der Waals surface area contributed by atoms with Crippen LogP contribution >= 0.6 is 0 Å². The predicted molar refractivity (Wildman–Crippen MR) is 107 cm³/mol. The van der Waals surface area contributed by atoms with Crippen molar-refractivity contribution in [3.8, 4) is 0 Å². The average Bonchev–Trinajstić information content (AvgIpc) is 2.59. The van der Waals surface area contributed by atoms with Crippen LogP contribution in [0.15, 0.2) is 54.9 Å². The van der Waals surface area contributed by atoms with Crippen molar-refractivity contribution >= 4 is 5.91 Å². The Morgan fingerprint density at radius 1 is 1.07 bits per heavy atom. The Morgan fingerprint density at radius 2 is 1.61 bits per heavy atom. The molecule has 1 aliphatic rings. The van der Waals surface area contributed by atoms with Crippen LogP contribution in [-0.4, -0.2) is 17.9 Å². The molecule has 2 aromatic carbocycles. The molecule has 1 aliphatic heterocycles. The molecule has 2 atom stereocenters. The van der Waals surface area contributed by atoms with Gasteiger partial charge < -0.3 is 10.2 Å². The minimum absolute atomic E-state index is 0.0204. The molecule has 148 valence electrons. The van der Waals surface area contributed by atoms with Gasteiger partial charge in [-0.25, -0.2) is 8.78 Å². The van der Waals surface area contributed by atoms with Crippen molar-refractivity contribution in [1.29, 1.82) is 0 Å². The molecule has 1 N–H and O–H groups in total. The third kappa shape index (κ3) is 3.41. The summed E-state index contributed by atoms with van der Waals surface area (Å²) in [6.07, 6.45) is 0. The fourth-order valence-corrected chi connectivity index (χ4v) is 3.77. The molecule has 0 spiro atoms. The number of hydrogen-bond donors (Lipinski definition) is 1. The first kappa shape index (κ1) is 20.1. The Hall–Kier alpha value is -2.69. The molecule has 28 heavy (non-hydrogen) atoms. The lowest BCUT2D eigenvalue weighted by molar-refractivity contribution is -0.134. The van der Waals surface area contributed by atoms with Gasteiger partial charge in [-0.15, -0.1) is 0 Å². The van der Waals surface area contributed by atoms with E-state index in [1.165, 1.54) is 17.0 Å². The van der Waals surface area contributed by atoms with E-state index in [4.69, 9.17) is 0 Å². The fourth-order valence-electron chi connectivity index (χ4n) is 3.77. The van der Waals surface area contributed by atoms with Crippen molar-refractivity contribution < 1.29 is 13.6 Å². The molecule has 0 saturated carbocycles. The number of nitrogens with one attached hydrogen (secondary N) is 1. The molecule has 0 bridgehead atoms. The van der Waals surface area contributed by atoms with Crippen molar-refractivity contribution in [1.82, 2.24) is 10.2 Å². The van der Waals surface area contributed by atoms with Gasteiger partial charge in [0.15, 0.2) is 0 Å². The Morgan fingerprint density at radius 3 is 2.11 bits per heavy atom. The van der Waals surface area contributed by atoms with E-state index < -0.39 is 23.1 Å². The summed E-state index contributed by atoms with van der Waals surface area (Å²) in [6.45, 7) is 12.0. The number of nitrogens with zero attached hydrogens (tertiary/aromatic N) is 1. The number of carbonyl (C=O) groups is 1. The second-order valence-electron chi connectivity index (χ2n) is 8.63. The maximum Gasteiger partial charge on any atom is 0.238 e. The van der Waals surface area contributed by atoms with E-state index in [1.807, 2.05) is 24.3 Å². The van der Waals surface area contributed by atoms with Gasteiger partial charge in [0.1, 0.15) is 17.5 Å². The number of halogens is 2. The first-order valence-corrected chi connectivity index (χ1v) is 9.25. The van der Waals surface area contributed by atoms with Gasteiger partial charge in [0.25, 0.3) is 0 Å². The highest BCUT2D eigenvalue weighted by Crippen LogP contribution is 2.43. The number of rotatable bonds is 2. The molecule has 0 aliphatic carbocycles. The van der Waals surface area contributed by atoms with E-state index in [0.29, 0.717) is 11.4 Å². The van der Waals surface area contributed by atoms with Crippen LogP contribution in [0.25, 0.3) is 0 Å². The van der Waals surface area contributed by atoms with Crippen LogP contribution in [0, 0.1) is 11.6 Å². The lowest BCUT2D eigenvalue weighted by Crippen LogP contribution is -2.57. The predicted octanol–water partition coefficient (Wildman–Crippen LogP) is 4.79. The van der Waals surface area contributed by atoms with Crippen LogP contribution in [0.4, 0.5) is 8.78 Å². The molecular formula is C23H26F2N2O. The summed E-state index contributed by atoms with van der Waals surface area (Å²) < 4.78 is 27.9. The quantitative estimate of drug-likeness (QED) is 0.807. The summed E-state index contributed by atoms with van der Waals surface area (Å²) in [4.78, 5) is 14.7. The van der Waals surface area contributed by atoms with E-state index >= 15 is 0 Å². The molecule has 3 nitrogen and oxygen atoms in total. The first-order valence-electron chi connectivity index (χ1n) is 9.25. The molecule has 1 amide bonds. The van der Waals surface area contributed by atoms with E-state index in [0.717, 1.165) is 17.2 Å². The summed E-state index contributed by atoms with van der Waals surface area (Å²) in [5, 5.41) is 3.21. The Kier molecular flexibility index (Phi) is 4.82. The molecule has 1 saturated heterocycles. The van der Waals surface area contributed by atoms with Gasteiger partial charge in [-0.05, 0) is 41.2 Å². The number of amides is 1. The normalized spacial score (nSPS) is 23.0. The van der Waals surface area contributed by atoms with Crippen LogP contribution in [0.5, 0.6) is 0 Å². The van der Waals surface area contributed by atoms with Crippen LogP contribution in [0.2, 0.25) is 0 Å². The van der Waals surface area contributed by atoms with Gasteiger partial charge in [0.2, 0.25) is 5.91 Å². The smallest absolute Gasteiger partial charge is 0.238 e. The van der Waals surface area contributed by atoms with Crippen LogP contribution in [0.1, 0.15) is 50.3 Å². The van der Waals surface area contributed by atoms with Gasteiger partial charge >= 0.3 is 0 Å². The van der Waals surface area contributed by atoms with Crippen LogP contribution in [-0.2, 0) is 15.7 Å². The van der Waals surface area contributed by atoms with Gasteiger partial charge in [-0.1, -0.05) is 51.6 Å². The molecule has 0 radical (unpaired) electrons. The molecule has 0 unspecified atom stereocenters. The van der Waals surface area contributed by atoms with E-state index in [1.54, 1.807) is 14.0 Å². The maximum atomic E-state index is 14.0. The topological polar surface area (TPSA) is 32.3 Å². The van der Waals surface area contributed by atoms with Gasteiger partial charge in [0.05, 0.1) is 11.5 Å². The third-order valence-electron chi connectivity index (χ3n) is 5.54. The lowest BCUT2D eigenvalue weighted by Gasteiger charge is -2.47. The summed E-state index contributed by atoms with van der Waals surface area (Å²) in [5.74, 6) is -1.83. The van der Waals surface area contributed by atoms with Gasteiger partial charge in [-0.3, -0.25) is 4.79 Å². The largest absolute Gasteiger partial charge is 0.361 e. The Bertz CT molecular complexity index is 910. The van der Waals surface area contributed by atoms with Crippen molar-refractivity contribution in [3.05, 3.63) is 83.2 Å². The van der Waals surface area contributed by atoms with Crippen molar-refractivity contribution in [3.63, 3.8) is 0 Å². The monoisotopic (exact) mass is 384 g/mol. The molecule has 1 heterocycles. The fraction of sp³-hybridized carbons (Fsp3) is 0.348. The highest BCUT2D eigenvalue weighted by Gasteiger charge is 2.48. The minimum Gasteiger partial charge on any atom is -0.361 e. The third-order valence-corrected chi connectivity index (χ3v) is 5.54. The Labute approximate surface area is 165 Å². The van der Waals surface area contributed by atoms with Crippen molar-refractivity contribution in [2.24, 2.45) is 0 Å². The number of benzene rings is 2. The second-order valence-corrected chi connectivity index (χ2v) is 8.63. The molecule has 2 aromatic rings. The Balaban J connectivity index is 2.16. The van der Waals surface area contributed by atoms with Gasteiger partial charge in [0, 0.05) is 13.1 Å². The van der Waals surface area contributed by atoms with E-state index in [2.05, 4.69) is 32.7 Å². The average molecular weight is 384 g/mol. The summed E-state index contributed by atoms with van der Waals surface area (Å²) in [6, 6.07) is 11.2. The molecule has 5 heteroatoms. The lowest BCUT2D eigenvalue weighted by atomic mass is 9.73. The molecule has 3 rings (SSSR count). The minimum atomic E-state index is -1.05. The first-order chi connectivity index (χ1) is 12.9. The second kappa shape index (κ2) is 6.73. The summed E-state index contributed by atoms with van der Waals surface area (Å²) in [5.41, 5.74) is 1.21. The maximum absolute atomic E-state index is 14.0. The highest BCUT2D eigenvalue weighted by molar-refractivity contribution is 5.88. The standard InChI is InChI=1S/C23H26F2N2O/c1-14-26-23(5,17-11-18(24)13-19(25)12-17)20(21(28)27(14)6)15-7-9-16(10-8-15)22(2,3)4/h7-13,20,26H,1H2,2-6H3/t20-,23+/m0/s1. The van der Waals surface area contributed by atoms with Gasteiger partial charge in [-0.2, -0.15) is 0 Å². The van der Waals surface area contributed by atoms with Crippen LogP contribution in [0.3, 0.4) is 0 Å². The van der Waals surface area contributed by atoms with E-state index in [-0.39, 0.29) is 11.3 Å². The molecular weight excluding hydrogens is 358 g/mol. The van der Waals surface area contributed by atoms with Crippen LogP contribution < -0.4 is 5.32 Å².